The lowest BCUT2D eigenvalue weighted by Crippen LogP contribution is -2.24. The molecule has 0 radical (unpaired) electrons. The molecule has 0 saturated carbocycles. The Morgan fingerprint density at radius 3 is 2.77 bits per heavy atom. The smallest absolute Gasteiger partial charge is 0.131 e. The van der Waals surface area contributed by atoms with E-state index < -0.39 is 0 Å². The van der Waals surface area contributed by atoms with E-state index in [1.165, 1.54) is 6.33 Å². The minimum Gasteiger partial charge on any atom is -0.383 e. The monoisotopic (exact) mass is 178 g/mol. The number of nitrogens with two attached hydrogens (primary N) is 1. The molecule has 0 aliphatic carbocycles. The van der Waals surface area contributed by atoms with E-state index in [1.807, 2.05) is 0 Å². The number of fused-ring (bicyclic) bond motifs is 1. The summed E-state index contributed by atoms with van der Waals surface area (Å²) in [5, 5.41) is 0. The number of hydrogen-bond acceptors (Lipinski definition) is 4. The van der Waals surface area contributed by atoms with Crippen LogP contribution in [0, 0.1) is 0 Å². The summed E-state index contributed by atoms with van der Waals surface area (Å²) in [5.74, 6) is 0.633. The van der Waals surface area contributed by atoms with Gasteiger partial charge in [0.2, 0.25) is 0 Å². The van der Waals surface area contributed by atoms with Crippen LogP contribution in [0.2, 0.25) is 0 Å². The molecule has 0 fully saturated rings. The third-order valence-corrected chi connectivity index (χ3v) is 2.51. The standard InChI is InChI=1S/C9H14N4/c1-6(2)13-3-7-8(4-13)11-5-12-9(7)10/h5-6H,3-4H2,1-2H3,(H2,10,11,12). The van der Waals surface area contributed by atoms with Gasteiger partial charge < -0.3 is 5.73 Å². The van der Waals surface area contributed by atoms with Crippen molar-refractivity contribution in [2.75, 3.05) is 5.73 Å². The predicted molar refractivity (Wildman–Crippen MR) is 50.8 cm³/mol. The van der Waals surface area contributed by atoms with E-state index in [0.717, 1.165) is 24.3 Å². The van der Waals surface area contributed by atoms with Gasteiger partial charge in [-0.1, -0.05) is 0 Å². The molecule has 1 aromatic rings. The van der Waals surface area contributed by atoms with Crippen LogP contribution in [0.5, 0.6) is 0 Å². The molecule has 0 spiro atoms. The SMILES string of the molecule is CC(C)N1Cc2ncnc(N)c2C1. The molecular weight excluding hydrogens is 164 g/mol. The Kier molecular flexibility index (Phi) is 1.92. The molecule has 1 aliphatic heterocycles. The molecular formula is C9H14N4. The van der Waals surface area contributed by atoms with E-state index in [4.69, 9.17) is 5.73 Å². The van der Waals surface area contributed by atoms with Crippen molar-refractivity contribution in [2.45, 2.75) is 33.0 Å². The second-order valence-corrected chi connectivity index (χ2v) is 3.68. The van der Waals surface area contributed by atoms with Crippen molar-refractivity contribution in [1.29, 1.82) is 0 Å². The quantitative estimate of drug-likeness (QED) is 0.690. The first kappa shape index (κ1) is 8.44. The van der Waals surface area contributed by atoms with Crippen molar-refractivity contribution < 1.29 is 0 Å². The Hall–Kier alpha value is -1.16. The average Bonchev–Trinajstić information content (AvgIpc) is 2.49. The molecule has 2 heterocycles. The van der Waals surface area contributed by atoms with E-state index in [9.17, 15) is 0 Å². The third-order valence-electron chi connectivity index (χ3n) is 2.51. The van der Waals surface area contributed by atoms with Crippen molar-refractivity contribution in [3.8, 4) is 0 Å². The van der Waals surface area contributed by atoms with Crippen molar-refractivity contribution >= 4 is 5.82 Å². The van der Waals surface area contributed by atoms with Crippen LogP contribution >= 0.6 is 0 Å². The summed E-state index contributed by atoms with van der Waals surface area (Å²) < 4.78 is 0. The van der Waals surface area contributed by atoms with Crippen LogP contribution in [-0.2, 0) is 13.1 Å². The minimum atomic E-state index is 0.536. The van der Waals surface area contributed by atoms with Crippen molar-refractivity contribution in [2.24, 2.45) is 0 Å². The number of anilines is 1. The molecule has 0 amide bonds. The zero-order valence-corrected chi connectivity index (χ0v) is 7.99. The van der Waals surface area contributed by atoms with E-state index in [1.54, 1.807) is 0 Å². The zero-order valence-electron chi connectivity index (χ0n) is 7.99. The number of rotatable bonds is 1. The molecule has 4 nitrogen and oxygen atoms in total. The van der Waals surface area contributed by atoms with Crippen molar-refractivity contribution in [3.05, 3.63) is 17.6 Å². The molecule has 1 aliphatic rings. The summed E-state index contributed by atoms with van der Waals surface area (Å²) in [4.78, 5) is 10.5. The number of aromatic nitrogens is 2. The van der Waals surface area contributed by atoms with Crippen molar-refractivity contribution in [3.63, 3.8) is 0 Å². The summed E-state index contributed by atoms with van der Waals surface area (Å²) >= 11 is 0. The highest BCUT2D eigenvalue weighted by Gasteiger charge is 2.24. The lowest BCUT2D eigenvalue weighted by atomic mass is 10.2. The maximum Gasteiger partial charge on any atom is 0.131 e. The van der Waals surface area contributed by atoms with Crippen LogP contribution in [0.15, 0.2) is 6.33 Å². The fourth-order valence-corrected chi connectivity index (χ4v) is 1.59. The van der Waals surface area contributed by atoms with Crippen LogP contribution in [-0.4, -0.2) is 20.9 Å². The van der Waals surface area contributed by atoms with Crippen molar-refractivity contribution in [1.82, 2.24) is 14.9 Å². The summed E-state index contributed by atoms with van der Waals surface area (Å²) in [6.07, 6.45) is 1.54. The Bertz CT molecular complexity index is 321. The van der Waals surface area contributed by atoms with Gasteiger partial charge in [0, 0.05) is 24.7 Å². The fourth-order valence-electron chi connectivity index (χ4n) is 1.59. The van der Waals surface area contributed by atoms with Crippen LogP contribution < -0.4 is 5.73 Å². The van der Waals surface area contributed by atoms with E-state index in [-0.39, 0.29) is 0 Å². The van der Waals surface area contributed by atoms with Crippen LogP contribution in [0.25, 0.3) is 0 Å². The van der Waals surface area contributed by atoms with Gasteiger partial charge in [-0.05, 0) is 13.8 Å². The molecule has 0 unspecified atom stereocenters. The number of nitrogens with zero attached hydrogens (tertiary/aromatic N) is 3. The molecule has 2 N–H and O–H groups in total. The van der Waals surface area contributed by atoms with Gasteiger partial charge in [-0.15, -0.1) is 0 Å². The topological polar surface area (TPSA) is 55.0 Å². The van der Waals surface area contributed by atoms with E-state index in [0.29, 0.717) is 11.9 Å². The van der Waals surface area contributed by atoms with Gasteiger partial charge >= 0.3 is 0 Å². The largest absolute Gasteiger partial charge is 0.383 e. The Labute approximate surface area is 77.8 Å². The molecule has 1 aromatic heterocycles. The van der Waals surface area contributed by atoms with Gasteiger partial charge in [0.05, 0.1) is 5.69 Å². The third kappa shape index (κ3) is 1.37. The normalized spacial score (nSPS) is 16.5. The molecule has 2 rings (SSSR count). The van der Waals surface area contributed by atoms with Gasteiger partial charge in [-0.2, -0.15) is 0 Å². The highest BCUT2D eigenvalue weighted by Crippen LogP contribution is 2.25. The van der Waals surface area contributed by atoms with Gasteiger partial charge in [0.25, 0.3) is 0 Å². The maximum atomic E-state index is 5.76. The zero-order chi connectivity index (χ0) is 9.42. The molecule has 13 heavy (non-hydrogen) atoms. The van der Waals surface area contributed by atoms with Crippen LogP contribution in [0.3, 0.4) is 0 Å². The van der Waals surface area contributed by atoms with E-state index in [2.05, 4.69) is 28.7 Å². The minimum absolute atomic E-state index is 0.536. The fraction of sp³-hybridized carbons (Fsp3) is 0.556. The molecule has 70 valence electrons. The highest BCUT2D eigenvalue weighted by atomic mass is 15.2. The summed E-state index contributed by atoms with van der Waals surface area (Å²) in [5.41, 5.74) is 7.95. The Morgan fingerprint density at radius 2 is 2.15 bits per heavy atom. The van der Waals surface area contributed by atoms with Gasteiger partial charge in [-0.25, -0.2) is 9.97 Å². The van der Waals surface area contributed by atoms with E-state index >= 15 is 0 Å². The first-order valence-corrected chi connectivity index (χ1v) is 4.50. The lowest BCUT2D eigenvalue weighted by molar-refractivity contribution is 0.226. The predicted octanol–water partition coefficient (Wildman–Crippen LogP) is 0.783. The Morgan fingerprint density at radius 1 is 1.38 bits per heavy atom. The average molecular weight is 178 g/mol. The van der Waals surface area contributed by atoms with Crippen LogP contribution in [0.4, 0.5) is 5.82 Å². The summed E-state index contributed by atoms with van der Waals surface area (Å²) in [7, 11) is 0. The molecule has 0 saturated heterocycles. The van der Waals surface area contributed by atoms with Gasteiger partial charge in [0.15, 0.2) is 0 Å². The second kappa shape index (κ2) is 2.96. The first-order valence-electron chi connectivity index (χ1n) is 4.50. The Balaban J connectivity index is 2.30. The summed E-state index contributed by atoms with van der Waals surface area (Å²) in [6.45, 7) is 6.14. The number of hydrogen-bond donors (Lipinski definition) is 1. The van der Waals surface area contributed by atoms with Gasteiger partial charge in [0.1, 0.15) is 12.1 Å². The molecule has 0 atom stereocenters. The molecule has 4 heteroatoms. The summed E-state index contributed by atoms with van der Waals surface area (Å²) in [6, 6.07) is 0.536. The second-order valence-electron chi connectivity index (χ2n) is 3.68. The van der Waals surface area contributed by atoms with Gasteiger partial charge in [-0.3, -0.25) is 4.90 Å². The highest BCUT2D eigenvalue weighted by molar-refractivity contribution is 5.43. The molecule has 0 aromatic carbocycles. The lowest BCUT2D eigenvalue weighted by Gasteiger charge is -2.18. The maximum absolute atomic E-state index is 5.76. The molecule has 0 bridgehead atoms. The number of nitrogen functional groups attached to an aromatic ring is 1. The first-order chi connectivity index (χ1) is 6.18. The van der Waals surface area contributed by atoms with Crippen LogP contribution in [0.1, 0.15) is 25.1 Å².